The Hall–Kier alpha value is -5.29. The van der Waals surface area contributed by atoms with Crippen molar-refractivity contribution < 1.29 is 14.3 Å². The van der Waals surface area contributed by atoms with Crippen molar-refractivity contribution in [2.75, 3.05) is 11.1 Å². The van der Waals surface area contributed by atoms with Crippen LogP contribution < -0.4 is 15.8 Å². The summed E-state index contributed by atoms with van der Waals surface area (Å²) in [5, 5.41) is 17.0. The van der Waals surface area contributed by atoms with Crippen LogP contribution in [0, 0.1) is 18.3 Å². The van der Waals surface area contributed by atoms with Gasteiger partial charge >= 0.3 is 0 Å². The van der Waals surface area contributed by atoms with Gasteiger partial charge in [-0.05, 0) is 48.9 Å². The molecular formula is C29H25N5O3. The lowest BCUT2D eigenvalue weighted by molar-refractivity contribution is -0.129. The molecule has 37 heavy (non-hydrogen) atoms. The summed E-state index contributed by atoms with van der Waals surface area (Å²) >= 11 is 0. The number of nitrogen functional groups attached to an aromatic ring is 1. The number of carbonyl (C=O) groups is 1. The molecule has 0 fully saturated rings. The molecule has 2 heterocycles. The molecule has 3 N–H and O–H groups in total. The Morgan fingerprint density at radius 2 is 1.65 bits per heavy atom. The maximum absolute atomic E-state index is 9.76. The van der Waals surface area contributed by atoms with E-state index in [1.807, 2.05) is 91.9 Å². The summed E-state index contributed by atoms with van der Waals surface area (Å²) in [5.74, 6) is 1.51. The Morgan fingerprint density at radius 1 is 1.00 bits per heavy atom. The molecule has 0 amide bonds. The van der Waals surface area contributed by atoms with Gasteiger partial charge in [0, 0.05) is 11.3 Å². The zero-order valence-corrected chi connectivity index (χ0v) is 20.2. The number of para-hydroxylation sites is 1. The van der Waals surface area contributed by atoms with Gasteiger partial charge in [0.2, 0.25) is 0 Å². The van der Waals surface area contributed by atoms with E-state index in [4.69, 9.17) is 10.5 Å². The number of nitrogens with two attached hydrogens (primary N) is 1. The topological polar surface area (TPSA) is 115 Å². The lowest BCUT2D eigenvalue weighted by atomic mass is 10.1. The van der Waals surface area contributed by atoms with Crippen molar-refractivity contribution in [2.24, 2.45) is 0 Å². The number of fused-ring (bicyclic) bond motifs is 1. The van der Waals surface area contributed by atoms with Crippen LogP contribution >= 0.6 is 0 Å². The predicted molar refractivity (Wildman–Crippen MR) is 143 cm³/mol. The van der Waals surface area contributed by atoms with Crippen LogP contribution in [0.25, 0.3) is 5.52 Å². The van der Waals surface area contributed by atoms with E-state index >= 15 is 0 Å². The lowest BCUT2D eigenvalue weighted by Gasteiger charge is -2.12. The Bertz CT molecular complexity index is 1510. The quantitative estimate of drug-likeness (QED) is 0.269. The highest BCUT2D eigenvalue weighted by molar-refractivity contribution is 5.87. The van der Waals surface area contributed by atoms with E-state index < -0.39 is 0 Å². The standard InChI is InChI=1S/C21H17N5O.C8H8O2/c1-14-19(23)13-26-21(14)20(15(11-22)12-24-26)25-16-7-9-18(10-8-16)27-17-5-3-2-4-6-17;9-7-10-6-8-4-2-1-3-5-8/h2-10,12-13,25H,23H2,1H3;1-5,7H,6H2. The normalized spacial score (nSPS) is 10.1. The van der Waals surface area contributed by atoms with Crippen LogP contribution in [-0.2, 0) is 16.1 Å². The van der Waals surface area contributed by atoms with Gasteiger partial charge in [-0.3, -0.25) is 4.79 Å². The zero-order valence-electron chi connectivity index (χ0n) is 20.2. The molecule has 0 unspecified atom stereocenters. The van der Waals surface area contributed by atoms with Crippen LogP contribution in [-0.4, -0.2) is 16.1 Å². The molecule has 8 heteroatoms. The largest absolute Gasteiger partial charge is 0.463 e. The van der Waals surface area contributed by atoms with Gasteiger partial charge in [0.15, 0.2) is 0 Å². The second kappa shape index (κ2) is 11.9. The molecule has 0 aliphatic heterocycles. The summed E-state index contributed by atoms with van der Waals surface area (Å²) < 4.78 is 12.0. The van der Waals surface area contributed by atoms with Crippen molar-refractivity contribution in [1.29, 1.82) is 5.26 Å². The van der Waals surface area contributed by atoms with Crippen molar-refractivity contribution in [3.63, 3.8) is 0 Å². The summed E-state index contributed by atoms with van der Waals surface area (Å²) in [7, 11) is 0. The third kappa shape index (κ3) is 6.24. The highest BCUT2D eigenvalue weighted by Crippen LogP contribution is 2.32. The lowest BCUT2D eigenvalue weighted by Crippen LogP contribution is -2.00. The monoisotopic (exact) mass is 491 g/mol. The molecule has 0 saturated carbocycles. The molecule has 8 nitrogen and oxygen atoms in total. The SMILES string of the molecule is Cc1c(N)cn2ncc(C#N)c(Nc3ccc(Oc4ccccc4)cc3)c12.O=COCc1ccccc1. The van der Waals surface area contributed by atoms with Gasteiger partial charge in [0.05, 0.1) is 34.8 Å². The fraction of sp³-hybridized carbons (Fsp3) is 0.0690. The highest BCUT2D eigenvalue weighted by atomic mass is 16.5. The summed E-state index contributed by atoms with van der Waals surface area (Å²) in [5.41, 5.74) is 11.3. The number of aryl methyl sites for hydroxylation is 1. The summed E-state index contributed by atoms with van der Waals surface area (Å²) in [6, 6.07) is 28.9. The van der Waals surface area contributed by atoms with Gasteiger partial charge in [-0.2, -0.15) is 10.4 Å². The van der Waals surface area contributed by atoms with E-state index in [1.54, 1.807) is 10.7 Å². The minimum atomic E-state index is 0.365. The van der Waals surface area contributed by atoms with E-state index in [0.29, 0.717) is 30.0 Å². The van der Waals surface area contributed by atoms with Crippen molar-refractivity contribution in [3.8, 4) is 17.6 Å². The second-order valence-electron chi connectivity index (χ2n) is 8.00. The van der Waals surface area contributed by atoms with Crippen LogP contribution in [0.15, 0.2) is 97.3 Å². The van der Waals surface area contributed by atoms with Crippen LogP contribution in [0.2, 0.25) is 0 Å². The van der Waals surface area contributed by atoms with Crippen molar-refractivity contribution >= 4 is 29.1 Å². The van der Waals surface area contributed by atoms with Crippen molar-refractivity contribution in [1.82, 2.24) is 9.61 Å². The molecule has 3 aromatic carbocycles. The zero-order chi connectivity index (χ0) is 26.0. The molecule has 0 aliphatic carbocycles. The van der Waals surface area contributed by atoms with Gasteiger partial charge in [0.1, 0.15) is 24.2 Å². The Kier molecular flexibility index (Phi) is 7.99. The smallest absolute Gasteiger partial charge is 0.293 e. The maximum Gasteiger partial charge on any atom is 0.293 e. The Morgan fingerprint density at radius 3 is 2.30 bits per heavy atom. The first-order chi connectivity index (χ1) is 18.1. The number of nitrogens with zero attached hydrogens (tertiary/aromatic N) is 3. The molecule has 0 saturated heterocycles. The van der Waals surface area contributed by atoms with Crippen LogP contribution in [0.3, 0.4) is 0 Å². The van der Waals surface area contributed by atoms with Gasteiger partial charge in [-0.1, -0.05) is 48.5 Å². The number of rotatable bonds is 7. The number of aromatic nitrogens is 2. The van der Waals surface area contributed by atoms with E-state index in [0.717, 1.165) is 33.8 Å². The van der Waals surface area contributed by atoms with E-state index in [2.05, 4.69) is 21.2 Å². The van der Waals surface area contributed by atoms with Crippen LogP contribution in [0.1, 0.15) is 16.7 Å². The Balaban J connectivity index is 0.000000270. The number of nitrogens with one attached hydrogen (secondary N) is 1. The van der Waals surface area contributed by atoms with Crippen molar-refractivity contribution in [2.45, 2.75) is 13.5 Å². The first-order valence-corrected chi connectivity index (χ1v) is 11.4. The minimum Gasteiger partial charge on any atom is -0.463 e. The first kappa shape index (κ1) is 24.8. The number of carbonyl (C=O) groups excluding carboxylic acids is 1. The fourth-order valence-corrected chi connectivity index (χ4v) is 3.60. The second-order valence-corrected chi connectivity index (χ2v) is 8.00. The predicted octanol–water partition coefficient (Wildman–Crippen LogP) is 5.99. The fourth-order valence-electron chi connectivity index (χ4n) is 3.60. The van der Waals surface area contributed by atoms with Gasteiger partial charge in [-0.25, -0.2) is 4.52 Å². The molecule has 0 aliphatic rings. The first-order valence-electron chi connectivity index (χ1n) is 11.4. The van der Waals surface area contributed by atoms with Crippen LogP contribution in [0.4, 0.5) is 17.1 Å². The minimum absolute atomic E-state index is 0.365. The average molecular weight is 492 g/mol. The average Bonchev–Trinajstić information content (AvgIpc) is 3.23. The molecule has 0 spiro atoms. The number of hydrogen-bond acceptors (Lipinski definition) is 7. The highest BCUT2D eigenvalue weighted by Gasteiger charge is 2.14. The molecule has 184 valence electrons. The van der Waals surface area contributed by atoms with Crippen molar-refractivity contribution in [3.05, 3.63) is 114 Å². The van der Waals surface area contributed by atoms with Gasteiger partial charge in [0.25, 0.3) is 6.47 Å². The third-order valence-electron chi connectivity index (χ3n) is 5.48. The number of ether oxygens (including phenoxy) is 2. The number of hydrogen-bond donors (Lipinski definition) is 2. The van der Waals surface area contributed by atoms with Gasteiger partial charge < -0.3 is 20.5 Å². The Labute approximate surface area is 214 Å². The van der Waals surface area contributed by atoms with E-state index in [9.17, 15) is 10.1 Å². The summed E-state index contributed by atoms with van der Waals surface area (Å²) in [4.78, 5) is 9.76. The number of nitriles is 1. The van der Waals surface area contributed by atoms with Crippen LogP contribution in [0.5, 0.6) is 11.5 Å². The summed E-state index contributed by atoms with van der Waals surface area (Å²) in [6.45, 7) is 2.73. The molecular weight excluding hydrogens is 466 g/mol. The summed E-state index contributed by atoms with van der Waals surface area (Å²) in [6.07, 6.45) is 3.27. The molecule has 0 atom stereocenters. The number of benzene rings is 3. The number of anilines is 3. The maximum atomic E-state index is 9.76. The van der Waals surface area contributed by atoms with E-state index in [1.165, 1.54) is 6.20 Å². The van der Waals surface area contributed by atoms with Gasteiger partial charge in [-0.15, -0.1) is 0 Å². The molecule has 2 aromatic heterocycles. The molecule has 5 rings (SSSR count). The molecule has 0 radical (unpaired) electrons. The molecule has 5 aromatic rings. The third-order valence-corrected chi connectivity index (χ3v) is 5.48. The molecule has 0 bridgehead atoms. The van der Waals surface area contributed by atoms with E-state index in [-0.39, 0.29) is 0 Å².